The Balaban J connectivity index is 1.53. The van der Waals surface area contributed by atoms with Gasteiger partial charge in [0.2, 0.25) is 8.32 Å². The number of methoxy groups -OCH3 is 1. The number of fused-ring (bicyclic) bond motifs is 1. The van der Waals surface area contributed by atoms with Gasteiger partial charge in [0.05, 0.1) is 28.8 Å². The van der Waals surface area contributed by atoms with Crippen molar-refractivity contribution in [3.05, 3.63) is 140 Å². The molecule has 4 aromatic carbocycles. The number of nitrogens with zero attached hydrogens (tertiary/aromatic N) is 1. The molecule has 52 heavy (non-hydrogen) atoms. The summed E-state index contributed by atoms with van der Waals surface area (Å²) in [6.45, 7) is 13.0. The predicted molar refractivity (Wildman–Crippen MR) is 201 cm³/mol. The summed E-state index contributed by atoms with van der Waals surface area (Å²) in [5.74, 6) is 0.307. The van der Waals surface area contributed by atoms with Gasteiger partial charge in [-0.15, -0.1) is 0 Å². The number of benzene rings is 4. The number of carbonyl (C=O) groups is 2. The number of ether oxygens (including phenoxy) is 4. The van der Waals surface area contributed by atoms with E-state index in [1.807, 2.05) is 55.5 Å². The second-order valence-electron chi connectivity index (χ2n) is 14.4. The lowest BCUT2D eigenvalue weighted by Crippen LogP contribution is -2.43. The minimum Gasteiger partial charge on any atom is -0.543 e. The number of nitro groups is 1. The first kappa shape index (κ1) is 38.1. The molecule has 0 saturated carbocycles. The summed E-state index contributed by atoms with van der Waals surface area (Å²) < 4.78 is 30.2. The summed E-state index contributed by atoms with van der Waals surface area (Å²) in [5, 5.41) is 11.2. The number of nitro benzene ring substituents is 1. The van der Waals surface area contributed by atoms with Crippen LogP contribution in [-0.4, -0.2) is 44.8 Å². The van der Waals surface area contributed by atoms with Crippen molar-refractivity contribution in [2.45, 2.75) is 71.6 Å². The molecule has 0 heterocycles. The minimum atomic E-state index is -2.17. The molecule has 0 bridgehead atoms. The quantitative estimate of drug-likeness (QED) is 0.0512. The highest BCUT2D eigenvalue weighted by molar-refractivity contribution is 6.74. The topological polar surface area (TPSA) is 123 Å². The van der Waals surface area contributed by atoms with Gasteiger partial charge in [0.1, 0.15) is 23.9 Å². The van der Waals surface area contributed by atoms with Gasteiger partial charge in [-0.2, -0.15) is 0 Å². The van der Waals surface area contributed by atoms with E-state index in [1.54, 1.807) is 24.3 Å². The highest BCUT2D eigenvalue weighted by Gasteiger charge is 2.39. The fourth-order valence-corrected chi connectivity index (χ4v) is 6.64. The lowest BCUT2D eigenvalue weighted by molar-refractivity contribution is -0.384. The van der Waals surface area contributed by atoms with Crippen LogP contribution in [0.3, 0.4) is 0 Å². The van der Waals surface area contributed by atoms with Crippen molar-refractivity contribution in [1.82, 2.24) is 0 Å². The number of carbonyl (C=O) groups excluding carboxylic acids is 2. The summed E-state index contributed by atoms with van der Waals surface area (Å²) in [7, 11) is -0.705. The Kier molecular flexibility index (Phi) is 11.8. The van der Waals surface area contributed by atoms with Gasteiger partial charge in [-0.05, 0) is 89.8 Å². The maximum atomic E-state index is 14.6. The van der Waals surface area contributed by atoms with Crippen molar-refractivity contribution in [2.24, 2.45) is 0 Å². The van der Waals surface area contributed by atoms with E-state index in [4.69, 9.17) is 23.4 Å². The molecule has 0 spiro atoms. The Bertz CT molecular complexity index is 1960. The third-order valence-corrected chi connectivity index (χ3v) is 13.7. The molecular formula is C41H45NO9Si. The van der Waals surface area contributed by atoms with Gasteiger partial charge < -0.3 is 23.4 Å². The molecule has 1 aliphatic carbocycles. The molecule has 0 unspecified atom stereocenters. The van der Waals surface area contributed by atoms with E-state index >= 15 is 0 Å². The molecule has 272 valence electrons. The first-order valence-electron chi connectivity index (χ1n) is 17.1. The maximum Gasteiger partial charge on any atom is 0.269 e. The highest BCUT2D eigenvalue weighted by atomic mass is 28.4. The monoisotopic (exact) mass is 723 g/mol. The Morgan fingerprint density at radius 1 is 0.808 bits per heavy atom. The molecule has 0 N–H and O–H groups in total. The lowest BCUT2D eigenvalue weighted by Gasteiger charge is -2.36. The van der Waals surface area contributed by atoms with E-state index < -0.39 is 30.9 Å². The second-order valence-corrected chi connectivity index (χ2v) is 19.1. The number of non-ortho nitro benzene ring substituents is 1. The fraction of sp³-hybridized carbons (Fsp3) is 0.317. The van der Waals surface area contributed by atoms with Crippen molar-refractivity contribution in [1.29, 1.82) is 0 Å². The van der Waals surface area contributed by atoms with Crippen LogP contribution in [0.15, 0.2) is 96.6 Å². The first-order chi connectivity index (χ1) is 24.7. The van der Waals surface area contributed by atoms with Crippen LogP contribution in [0, 0.1) is 17.0 Å². The third-order valence-electron chi connectivity index (χ3n) is 9.38. The van der Waals surface area contributed by atoms with E-state index in [-0.39, 0.29) is 65.4 Å². The molecule has 0 radical (unpaired) electrons. The normalized spacial score (nSPS) is 13.6. The Morgan fingerprint density at radius 3 is 2.10 bits per heavy atom. The molecule has 1 atom stereocenters. The van der Waals surface area contributed by atoms with Crippen molar-refractivity contribution >= 4 is 25.6 Å². The summed E-state index contributed by atoms with van der Waals surface area (Å²) in [6, 6.07) is 24.7. The van der Waals surface area contributed by atoms with E-state index in [2.05, 4.69) is 33.9 Å². The van der Waals surface area contributed by atoms with Gasteiger partial charge in [0, 0.05) is 31.2 Å². The van der Waals surface area contributed by atoms with Crippen LogP contribution < -0.4 is 13.9 Å². The number of aryl methyl sites for hydroxylation is 1. The first-order valence-corrected chi connectivity index (χ1v) is 20.0. The SMILES string of the molecule is COCOc1ccc(OCc2ccccc2)c2c1C(=O)C([C@@H](Cc1cc(C)cc(O[Si](C)(C)C(C)(C)C)c1)OCc1ccc([N+](=O)[O-])cc1)=CC2=O. The number of hydrogen-bond donors (Lipinski definition) is 0. The van der Waals surface area contributed by atoms with Crippen LogP contribution in [-0.2, 0) is 29.1 Å². The summed E-state index contributed by atoms with van der Waals surface area (Å²) in [5.41, 5.74) is 3.67. The number of allylic oxidation sites excluding steroid dienone is 1. The average molecular weight is 724 g/mol. The maximum absolute atomic E-state index is 14.6. The molecule has 0 fully saturated rings. The molecule has 10 nitrogen and oxygen atoms in total. The van der Waals surface area contributed by atoms with Crippen molar-refractivity contribution < 1.29 is 37.9 Å². The van der Waals surface area contributed by atoms with Gasteiger partial charge in [0.25, 0.3) is 5.69 Å². The van der Waals surface area contributed by atoms with Gasteiger partial charge in [-0.3, -0.25) is 19.7 Å². The number of hydrogen-bond acceptors (Lipinski definition) is 9. The Hall–Kier alpha value is -5.10. The number of ketones is 2. The van der Waals surface area contributed by atoms with Gasteiger partial charge in [-0.25, -0.2) is 0 Å². The Labute approximate surface area is 305 Å². The summed E-state index contributed by atoms with van der Waals surface area (Å²) >= 11 is 0. The molecule has 0 amide bonds. The summed E-state index contributed by atoms with van der Waals surface area (Å²) in [6.07, 6.45) is 0.677. The highest BCUT2D eigenvalue weighted by Crippen LogP contribution is 2.40. The van der Waals surface area contributed by atoms with Crippen molar-refractivity contribution in [3.63, 3.8) is 0 Å². The largest absolute Gasteiger partial charge is 0.543 e. The molecule has 5 rings (SSSR count). The predicted octanol–water partition coefficient (Wildman–Crippen LogP) is 8.98. The van der Waals surface area contributed by atoms with Crippen LogP contribution >= 0.6 is 0 Å². The minimum absolute atomic E-state index is 0.0212. The molecule has 0 saturated heterocycles. The summed E-state index contributed by atoms with van der Waals surface area (Å²) in [4.78, 5) is 39.4. The fourth-order valence-electron chi connectivity index (χ4n) is 5.63. The number of rotatable bonds is 15. The molecule has 0 aliphatic heterocycles. The van der Waals surface area contributed by atoms with Gasteiger partial charge in [0.15, 0.2) is 18.4 Å². The zero-order valence-electron chi connectivity index (χ0n) is 30.7. The smallest absolute Gasteiger partial charge is 0.269 e. The van der Waals surface area contributed by atoms with Crippen molar-refractivity contribution in [2.75, 3.05) is 13.9 Å². The zero-order chi connectivity index (χ0) is 37.6. The van der Waals surface area contributed by atoms with Crippen molar-refractivity contribution in [3.8, 4) is 17.2 Å². The van der Waals surface area contributed by atoms with Gasteiger partial charge in [-0.1, -0.05) is 57.2 Å². The van der Waals surface area contributed by atoms with E-state index in [9.17, 15) is 19.7 Å². The average Bonchev–Trinajstić information content (AvgIpc) is 3.09. The molecule has 11 heteroatoms. The standard InChI is InChI=1S/C41H45NO9Si/c1-27-19-30(21-32(20-27)51-52(6,7)41(2,3)4)22-37(49-25-29-13-15-31(16-14-29)42(45)46)33-23-34(43)38-35(48-24-28-11-9-8-10-12-28)17-18-36(50-26-47-5)39(38)40(33)44/h8-21,23,37H,22,24-26H2,1-7H3/t37-/m1/s1. The van der Waals surface area contributed by atoms with Crippen LogP contribution in [0.1, 0.15) is 63.7 Å². The van der Waals surface area contributed by atoms with E-state index in [1.165, 1.54) is 25.3 Å². The second kappa shape index (κ2) is 16.1. The lowest BCUT2D eigenvalue weighted by atomic mass is 9.84. The molecular weight excluding hydrogens is 679 g/mol. The van der Waals surface area contributed by atoms with Crippen LogP contribution in [0.4, 0.5) is 5.69 Å². The van der Waals surface area contributed by atoms with Gasteiger partial charge >= 0.3 is 0 Å². The molecule has 1 aliphatic rings. The van der Waals surface area contributed by atoms with Crippen LogP contribution in [0.5, 0.6) is 17.2 Å². The Morgan fingerprint density at radius 2 is 1.46 bits per heavy atom. The van der Waals surface area contributed by atoms with E-state index in [0.29, 0.717) is 5.56 Å². The zero-order valence-corrected chi connectivity index (χ0v) is 31.7. The van der Waals surface area contributed by atoms with Crippen LogP contribution in [0.25, 0.3) is 0 Å². The number of Topliss-reactive ketones (excluding diaryl/α,β-unsaturated/α-hetero) is 1. The molecule has 0 aromatic heterocycles. The van der Waals surface area contributed by atoms with Crippen LogP contribution in [0.2, 0.25) is 18.1 Å². The third kappa shape index (κ3) is 9.03. The molecule has 4 aromatic rings. The van der Waals surface area contributed by atoms with E-state index in [0.717, 1.165) is 22.4 Å².